The van der Waals surface area contributed by atoms with E-state index >= 15 is 0 Å². The lowest BCUT2D eigenvalue weighted by Crippen LogP contribution is -2.56. The van der Waals surface area contributed by atoms with Gasteiger partial charge in [0.25, 0.3) is 0 Å². The van der Waals surface area contributed by atoms with Crippen molar-refractivity contribution in [1.29, 1.82) is 0 Å². The summed E-state index contributed by atoms with van der Waals surface area (Å²) in [7, 11) is 0. The number of ether oxygens (including phenoxy) is 2. The number of rotatable bonds is 6. The zero-order valence-electron chi connectivity index (χ0n) is 17.1. The van der Waals surface area contributed by atoms with Crippen LogP contribution in [0.5, 0.6) is 0 Å². The largest absolute Gasteiger partial charge is 0.480 e. The van der Waals surface area contributed by atoms with E-state index in [1.165, 1.54) is 0 Å². The van der Waals surface area contributed by atoms with Crippen LogP contribution in [0.2, 0.25) is 0 Å². The number of carbonyl (C=O) groups excluding carboxylic acids is 1. The molecule has 1 spiro atoms. The Kier molecular flexibility index (Phi) is 6.29. The van der Waals surface area contributed by atoms with E-state index in [1.54, 1.807) is 11.1 Å². The molecule has 0 atom stereocenters. The fourth-order valence-corrected chi connectivity index (χ4v) is 4.96. The van der Waals surface area contributed by atoms with E-state index in [-0.39, 0.29) is 24.7 Å². The highest BCUT2D eigenvalue weighted by Crippen LogP contribution is 2.61. The second-order valence-electron chi connectivity index (χ2n) is 8.43. The van der Waals surface area contributed by atoms with Gasteiger partial charge in [0.15, 0.2) is 0 Å². The lowest BCUT2D eigenvalue weighted by atomic mass is 9.53. The van der Waals surface area contributed by atoms with Crippen molar-refractivity contribution >= 4 is 28.0 Å². The Morgan fingerprint density at radius 3 is 2.42 bits per heavy atom. The summed E-state index contributed by atoms with van der Waals surface area (Å²) in [6.07, 6.45) is 4.59. The van der Waals surface area contributed by atoms with Crippen LogP contribution in [-0.2, 0) is 26.5 Å². The van der Waals surface area contributed by atoms with E-state index in [4.69, 9.17) is 14.6 Å². The summed E-state index contributed by atoms with van der Waals surface area (Å²) in [5, 5.41) is 9.11. The number of benzene rings is 1. The first-order chi connectivity index (χ1) is 14.9. The molecule has 1 N–H and O–H groups in total. The van der Waals surface area contributed by atoms with E-state index in [0.717, 1.165) is 41.4 Å². The van der Waals surface area contributed by atoms with Crippen molar-refractivity contribution in [3.63, 3.8) is 0 Å². The van der Waals surface area contributed by atoms with Crippen molar-refractivity contribution in [1.82, 2.24) is 9.88 Å². The highest BCUT2D eigenvalue weighted by atomic mass is 79.9. The molecule has 0 unspecified atom stereocenters. The molecular formula is C23H25BrN2O5. The van der Waals surface area contributed by atoms with Crippen LogP contribution < -0.4 is 0 Å². The summed E-state index contributed by atoms with van der Waals surface area (Å²) >= 11 is 3.34. The van der Waals surface area contributed by atoms with Gasteiger partial charge in [0.2, 0.25) is 0 Å². The lowest BCUT2D eigenvalue weighted by molar-refractivity contribution is -0.198. The van der Waals surface area contributed by atoms with Crippen LogP contribution in [0.15, 0.2) is 53.3 Å². The minimum atomic E-state index is -0.985. The maximum absolute atomic E-state index is 12.4. The Labute approximate surface area is 189 Å². The molecule has 31 heavy (non-hydrogen) atoms. The summed E-state index contributed by atoms with van der Waals surface area (Å²) in [5.41, 5.74) is 1.27. The summed E-state index contributed by atoms with van der Waals surface area (Å²) < 4.78 is 12.1. The molecule has 1 amide bonds. The predicted octanol–water partition coefficient (Wildman–Crippen LogP) is 4.35. The summed E-state index contributed by atoms with van der Waals surface area (Å²) in [6.45, 7) is 1.18. The summed E-state index contributed by atoms with van der Waals surface area (Å²) in [4.78, 5) is 29.6. The number of hydrogen-bond donors (Lipinski definition) is 1. The maximum atomic E-state index is 12.4. The Balaban J connectivity index is 1.34. The second kappa shape index (κ2) is 8.96. The number of likely N-dealkylation sites (tertiary alicyclic amines) is 1. The number of aromatic nitrogens is 1. The third-order valence-corrected chi connectivity index (χ3v) is 6.80. The van der Waals surface area contributed by atoms with Crippen molar-refractivity contribution in [2.24, 2.45) is 5.41 Å². The molecule has 8 heteroatoms. The van der Waals surface area contributed by atoms with Gasteiger partial charge in [-0.1, -0.05) is 36.4 Å². The lowest BCUT2D eigenvalue weighted by Gasteiger charge is -2.58. The number of pyridine rings is 1. The number of aliphatic carboxylic acids is 1. The molecular weight excluding hydrogens is 464 g/mol. The van der Waals surface area contributed by atoms with Gasteiger partial charge in [0, 0.05) is 24.8 Å². The standard InChI is InChI=1S/C23H25BrN2O5/c24-19-7-6-18(12-25-19)23(31-14-20(27)28)15-22(16-23)8-10-26(11-9-22)21(29)30-13-17-4-2-1-3-5-17/h1-7,12H,8-11,13-16H2,(H,27,28). The number of carboxylic acids is 1. The molecule has 2 heterocycles. The van der Waals surface area contributed by atoms with Crippen LogP contribution in [0.3, 0.4) is 0 Å². The summed E-state index contributed by atoms with van der Waals surface area (Å²) in [5.74, 6) is -0.985. The van der Waals surface area contributed by atoms with Gasteiger partial charge < -0.3 is 19.5 Å². The fraction of sp³-hybridized carbons (Fsp3) is 0.435. The number of nitrogens with zero attached hydrogens (tertiary/aromatic N) is 2. The molecule has 1 aliphatic carbocycles. The van der Waals surface area contributed by atoms with E-state index in [9.17, 15) is 9.59 Å². The number of carbonyl (C=O) groups is 2. The van der Waals surface area contributed by atoms with Crippen LogP contribution in [0, 0.1) is 5.41 Å². The third-order valence-electron chi connectivity index (χ3n) is 6.33. The number of amides is 1. The number of carboxylic acid groups (broad SMARTS) is 1. The Morgan fingerprint density at radius 2 is 1.81 bits per heavy atom. The molecule has 2 aliphatic rings. The Hall–Kier alpha value is -2.45. The van der Waals surface area contributed by atoms with Crippen molar-refractivity contribution < 1.29 is 24.2 Å². The van der Waals surface area contributed by atoms with Crippen LogP contribution >= 0.6 is 15.9 Å². The molecule has 1 aromatic heterocycles. The third kappa shape index (κ3) is 4.91. The molecule has 1 aliphatic heterocycles. The minimum absolute atomic E-state index is 0.0434. The maximum Gasteiger partial charge on any atom is 0.410 e. The van der Waals surface area contributed by atoms with E-state index in [1.807, 2.05) is 42.5 Å². The molecule has 7 nitrogen and oxygen atoms in total. The summed E-state index contributed by atoms with van der Waals surface area (Å²) in [6, 6.07) is 13.4. The molecule has 4 rings (SSSR count). The van der Waals surface area contributed by atoms with E-state index in [0.29, 0.717) is 13.1 Å². The first-order valence-electron chi connectivity index (χ1n) is 10.3. The van der Waals surface area contributed by atoms with Gasteiger partial charge in [0.05, 0.1) is 5.60 Å². The van der Waals surface area contributed by atoms with Gasteiger partial charge in [-0.05, 0) is 58.7 Å². The molecule has 1 saturated carbocycles. The Bertz CT molecular complexity index is 919. The first-order valence-corrected chi connectivity index (χ1v) is 11.1. The van der Waals surface area contributed by atoms with Crippen LogP contribution in [-0.4, -0.2) is 46.7 Å². The topological polar surface area (TPSA) is 89.0 Å². The monoisotopic (exact) mass is 488 g/mol. The zero-order chi connectivity index (χ0) is 21.9. The minimum Gasteiger partial charge on any atom is -0.480 e. The molecule has 2 fully saturated rings. The van der Waals surface area contributed by atoms with E-state index < -0.39 is 11.6 Å². The zero-order valence-corrected chi connectivity index (χ0v) is 18.7. The van der Waals surface area contributed by atoms with Crippen molar-refractivity contribution in [3.05, 3.63) is 64.4 Å². The Morgan fingerprint density at radius 1 is 1.10 bits per heavy atom. The molecule has 0 radical (unpaired) electrons. The molecule has 1 aromatic carbocycles. The van der Waals surface area contributed by atoms with Crippen molar-refractivity contribution in [2.75, 3.05) is 19.7 Å². The van der Waals surface area contributed by atoms with E-state index in [2.05, 4.69) is 20.9 Å². The average molecular weight is 489 g/mol. The van der Waals surface area contributed by atoms with Crippen LogP contribution in [0.4, 0.5) is 4.79 Å². The second-order valence-corrected chi connectivity index (χ2v) is 9.24. The van der Waals surface area contributed by atoms with Crippen molar-refractivity contribution in [3.8, 4) is 0 Å². The van der Waals surface area contributed by atoms with Gasteiger partial charge in [-0.3, -0.25) is 0 Å². The van der Waals surface area contributed by atoms with Crippen molar-refractivity contribution in [2.45, 2.75) is 37.9 Å². The molecule has 1 saturated heterocycles. The first kappa shape index (κ1) is 21.8. The highest BCUT2D eigenvalue weighted by molar-refractivity contribution is 9.10. The SMILES string of the molecule is O=C(O)COC1(c2ccc(Br)nc2)CC2(CCN(C(=O)OCc3ccccc3)CC2)C1. The average Bonchev–Trinajstić information content (AvgIpc) is 2.76. The fourth-order valence-electron chi connectivity index (χ4n) is 4.72. The van der Waals surface area contributed by atoms with Gasteiger partial charge >= 0.3 is 12.1 Å². The predicted molar refractivity (Wildman–Crippen MR) is 116 cm³/mol. The van der Waals surface area contributed by atoms with Gasteiger partial charge in [-0.2, -0.15) is 0 Å². The smallest absolute Gasteiger partial charge is 0.410 e. The normalized spacial score (nSPS) is 18.9. The van der Waals surface area contributed by atoms with Gasteiger partial charge in [-0.25, -0.2) is 14.6 Å². The number of halogens is 1. The highest BCUT2D eigenvalue weighted by Gasteiger charge is 2.57. The van der Waals surface area contributed by atoms with Gasteiger partial charge in [-0.15, -0.1) is 0 Å². The van der Waals surface area contributed by atoms with Crippen LogP contribution in [0.1, 0.15) is 36.8 Å². The number of hydrogen-bond acceptors (Lipinski definition) is 5. The number of piperidine rings is 1. The quantitative estimate of drug-likeness (QED) is 0.607. The molecule has 0 bridgehead atoms. The molecule has 2 aromatic rings. The van der Waals surface area contributed by atoms with Crippen LogP contribution in [0.25, 0.3) is 0 Å². The molecule has 164 valence electrons. The van der Waals surface area contributed by atoms with Gasteiger partial charge in [0.1, 0.15) is 17.8 Å².